The molecule has 0 amide bonds. The molecular formula is C54H34N2O. The highest BCUT2D eigenvalue weighted by atomic mass is 16.3. The highest BCUT2D eigenvalue weighted by Gasteiger charge is 2.18. The van der Waals surface area contributed by atoms with Gasteiger partial charge in [-0.1, -0.05) is 133 Å². The van der Waals surface area contributed by atoms with Crippen LogP contribution in [0, 0.1) is 0 Å². The van der Waals surface area contributed by atoms with Gasteiger partial charge in [-0.15, -0.1) is 0 Å². The van der Waals surface area contributed by atoms with E-state index >= 15 is 0 Å². The second kappa shape index (κ2) is 12.5. The molecule has 0 aliphatic heterocycles. The van der Waals surface area contributed by atoms with Gasteiger partial charge in [0.1, 0.15) is 11.2 Å². The molecule has 3 nitrogen and oxygen atoms in total. The molecule has 3 heteroatoms. The van der Waals surface area contributed by atoms with E-state index in [-0.39, 0.29) is 0 Å². The van der Waals surface area contributed by atoms with Crippen LogP contribution in [0.1, 0.15) is 2.74 Å². The van der Waals surface area contributed by atoms with E-state index in [0.29, 0.717) is 12.1 Å². The number of furan rings is 1. The molecule has 57 heavy (non-hydrogen) atoms. The zero-order valence-corrected chi connectivity index (χ0v) is 30.8. The van der Waals surface area contributed by atoms with Gasteiger partial charge in [0.2, 0.25) is 0 Å². The molecule has 0 atom stereocenters. The summed E-state index contributed by atoms with van der Waals surface area (Å²) in [5.41, 5.74) is 13.7. The largest absolute Gasteiger partial charge is 0.456 e. The Labute approximate surface area is 331 Å². The summed E-state index contributed by atoms with van der Waals surface area (Å²) in [6.07, 6.45) is 0. The van der Waals surface area contributed by atoms with E-state index in [9.17, 15) is 2.74 Å². The Kier molecular flexibility index (Phi) is 6.49. The van der Waals surface area contributed by atoms with Crippen molar-refractivity contribution in [3.63, 3.8) is 0 Å². The lowest BCUT2D eigenvalue weighted by Gasteiger charge is -2.12. The quantitative estimate of drug-likeness (QED) is 0.173. The average Bonchev–Trinajstić information content (AvgIpc) is 3.95. The van der Waals surface area contributed by atoms with Crippen molar-refractivity contribution in [2.75, 3.05) is 0 Å². The zero-order chi connectivity index (χ0) is 39.2. The van der Waals surface area contributed by atoms with Gasteiger partial charge in [-0.2, -0.15) is 0 Å². The van der Waals surface area contributed by atoms with Crippen LogP contribution >= 0.6 is 0 Å². The molecule has 0 aliphatic carbocycles. The lowest BCUT2D eigenvalue weighted by molar-refractivity contribution is 0.669. The summed E-state index contributed by atoms with van der Waals surface area (Å²) in [4.78, 5) is 0. The van der Waals surface area contributed by atoms with Gasteiger partial charge in [-0.25, -0.2) is 0 Å². The van der Waals surface area contributed by atoms with Crippen molar-refractivity contribution in [2.24, 2.45) is 0 Å². The zero-order valence-electron chi connectivity index (χ0n) is 32.8. The minimum Gasteiger partial charge on any atom is -0.456 e. The van der Waals surface area contributed by atoms with Crippen LogP contribution in [0.4, 0.5) is 0 Å². The second-order valence-electron chi connectivity index (χ2n) is 14.7. The number of hydrogen-bond donors (Lipinski definition) is 0. The van der Waals surface area contributed by atoms with Crippen LogP contribution in [0.25, 0.3) is 110 Å². The van der Waals surface area contributed by atoms with Crippen molar-refractivity contribution in [2.45, 2.75) is 0 Å². The molecule has 0 saturated heterocycles. The molecule has 0 fully saturated rings. The number of rotatable bonds is 5. The molecule has 0 N–H and O–H groups in total. The maximum Gasteiger partial charge on any atom is 0.135 e. The van der Waals surface area contributed by atoms with Crippen molar-refractivity contribution in [1.29, 1.82) is 0 Å². The van der Waals surface area contributed by atoms with Gasteiger partial charge >= 0.3 is 0 Å². The van der Waals surface area contributed by atoms with Crippen molar-refractivity contribution in [3.05, 3.63) is 206 Å². The highest BCUT2D eigenvalue weighted by molar-refractivity contribution is 6.14. The first-order chi connectivity index (χ1) is 29.1. The van der Waals surface area contributed by atoms with Gasteiger partial charge in [0.25, 0.3) is 0 Å². The molecular weight excluding hydrogens is 693 g/mol. The summed E-state index contributed by atoms with van der Waals surface area (Å²) in [5, 5.41) is 5.87. The van der Waals surface area contributed by atoms with E-state index in [1.807, 2.05) is 54.6 Å². The van der Waals surface area contributed by atoms with Gasteiger partial charge in [-0.3, -0.25) is 0 Å². The number of aromatic nitrogens is 2. The normalized spacial score (nSPS) is 12.4. The van der Waals surface area contributed by atoms with Gasteiger partial charge < -0.3 is 13.6 Å². The molecule has 0 bridgehead atoms. The molecule has 0 aliphatic rings. The predicted molar refractivity (Wildman–Crippen MR) is 239 cm³/mol. The van der Waals surface area contributed by atoms with Crippen molar-refractivity contribution in [1.82, 2.24) is 9.13 Å². The smallest absolute Gasteiger partial charge is 0.135 e. The van der Waals surface area contributed by atoms with Crippen molar-refractivity contribution < 1.29 is 7.16 Å². The summed E-state index contributed by atoms with van der Waals surface area (Å²) in [6.45, 7) is 0. The fraction of sp³-hybridized carbons (Fsp3) is 0. The van der Waals surface area contributed by atoms with Crippen LogP contribution in [-0.4, -0.2) is 9.13 Å². The van der Waals surface area contributed by atoms with Gasteiger partial charge in [0, 0.05) is 43.7 Å². The van der Waals surface area contributed by atoms with Crippen LogP contribution < -0.4 is 0 Å². The van der Waals surface area contributed by atoms with E-state index in [1.165, 1.54) is 0 Å². The maximum absolute atomic E-state index is 9.95. The van der Waals surface area contributed by atoms with Crippen LogP contribution in [0.15, 0.2) is 211 Å². The maximum atomic E-state index is 9.95. The lowest BCUT2D eigenvalue weighted by Crippen LogP contribution is -1.95. The third-order valence-corrected chi connectivity index (χ3v) is 11.5. The van der Waals surface area contributed by atoms with E-state index < -0.39 is 0 Å². The molecule has 0 unspecified atom stereocenters. The van der Waals surface area contributed by atoms with Crippen molar-refractivity contribution >= 4 is 65.6 Å². The third kappa shape index (κ3) is 4.99. The number of benzene rings is 9. The Morgan fingerprint density at radius 1 is 0.298 bits per heavy atom. The predicted octanol–water partition coefficient (Wildman–Crippen LogP) is 14.8. The SMILES string of the molecule is [2H]c1c(-c2ccc3c(c2[2H])c2ccc(-c4ccccc4)cc2n3-c2cccc(-c3ccccc3)c2)ccc2c1c1ccccc1n2-c1ccc2oc3ccccc3c2c1. The first-order valence-electron chi connectivity index (χ1n) is 20.3. The number of hydrogen-bond acceptors (Lipinski definition) is 1. The first kappa shape index (κ1) is 29.7. The Bertz CT molecular complexity index is 3630. The molecule has 0 spiro atoms. The number of fused-ring (bicyclic) bond motifs is 9. The molecule has 3 aromatic heterocycles. The van der Waals surface area contributed by atoms with E-state index in [2.05, 4.69) is 149 Å². The first-order valence-corrected chi connectivity index (χ1v) is 19.3. The van der Waals surface area contributed by atoms with Crippen LogP contribution in [0.5, 0.6) is 0 Å². The van der Waals surface area contributed by atoms with E-state index in [0.717, 1.165) is 110 Å². The fourth-order valence-electron chi connectivity index (χ4n) is 8.81. The summed E-state index contributed by atoms with van der Waals surface area (Å²) in [6, 6.07) is 68.1. The molecule has 0 radical (unpaired) electrons. The van der Waals surface area contributed by atoms with Gasteiger partial charge in [0.05, 0.1) is 24.8 Å². The van der Waals surface area contributed by atoms with Crippen LogP contribution in [-0.2, 0) is 0 Å². The molecule has 9 aromatic carbocycles. The standard InChI is InChI=1S/C54H34N2O/c1-3-12-35(13-4-1)37-16-11-17-41(30-37)56-51-28-24-39(32-47(51)44-26-22-40(33-52(44)56)36-14-5-2-6-15-36)38-23-27-50-46(31-38)43-18-7-9-20-49(43)55(50)42-25-29-54-48(34-42)45-19-8-10-21-53(45)57-54/h1-34H/i31D,32D. The van der Waals surface area contributed by atoms with E-state index in [4.69, 9.17) is 4.42 Å². The minimum absolute atomic E-state index is 0.408. The Morgan fingerprint density at radius 2 is 0.825 bits per heavy atom. The Balaban J connectivity index is 1.08. The number of para-hydroxylation sites is 2. The molecule has 12 aromatic rings. The Hall–Kier alpha value is -7.62. The molecule has 0 saturated carbocycles. The lowest BCUT2D eigenvalue weighted by atomic mass is 9.99. The van der Waals surface area contributed by atoms with Gasteiger partial charge in [0.15, 0.2) is 0 Å². The highest BCUT2D eigenvalue weighted by Crippen LogP contribution is 2.40. The van der Waals surface area contributed by atoms with Crippen LogP contribution in [0.3, 0.4) is 0 Å². The molecule has 12 rings (SSSR count). The summed E-state index contributed by atoms with van der Waals surface area (Å²) in [7, 11) is 0. The van der Waals surface area contributed by atoms with Gasteiger partial charge in [-0.05, 0) is 106 Å². The summed E-state index contributed by atoms with van der Waals surface area (Å²) in [5.74, 6) is 0. The minimum atomic E-state index is 0.408. The number of nitrogens with zero attached hydrogens (tertiary/aromatic N) is 2. The summed E-state index contributed by atoms with van der Waals surface area (Å²) >= 11 is 0. The van der Waals surface area contributed by atoms with E-state index in [1.54, 1.807) is 0 Å². The van der Waals surface area contributed by atoms with Crippen molar-refractivity contribution in [3.8, 4) is 44.8 Å². The summed E-state index contributed by atoms with van der Waals surface area (Å²) < 4.78 is 30.5. The second-order valence-corrected chi connectivity index (χ2v) is 14.7. The topological polar surface area (TPSA) is 23.0 Å². The fourth-order valence-corrected chi connectivity index (χ4v) is 8.81. The third-order valence-electron chi connectivity index (χ3n) is 11.5. The molecule has 266 valence electrons. The van der Waals surface area contributed by atoms with Crippen LogP contribution in [0.2, 0.25) is 0 Å². The molecule has 3 heterocycles. The monoisotopic (exact) mass is 728 g/mol. The Morgan fingerprint density at radius 3 is 1.56 bits per heavy atom. The average molecular weight is 729 g/mol.